The number of hydrogen-bond donors (Lipinski definition) is 0. The summed E-state index contributed by atoms with van der Waals surface area (Å²) in [6, 6.07) is 1.91. The molecule has 170 valence electrons. The number of piperidine rings is 1. The highest BCUT2D eigenvalue weighted by molar-refractivity contribution is 7.99. The third kappa shape index (κ3) is 5.64. The van der Waals surface area contributed by atoms with Gasteiger partial charge >= 0.3 is 0 Å². The first kappa shape index (κ1) is 22.6. The fraction of sp³-hybridized carbons (Fsp3) is 0.727. The van der Waals surface area contributed by atoms with Crippen molar-refractivity contribution in [3.8, 4) is 0 Å². The topological polar surface area (TPSA) is 69.6 Å². The number of aromatic nitrogens is 2. The van der Waals surface area contributed by atoms with Gasteiger partial charge in [-0.1, -0.05) is 36.2 Å². The molecule has 1 unspecified atom stereocenters. The van der Waals surface area contributed by atoms with E-state index in [1.165, 1.54) is 31.0 Å². The number of piperazine rings is 1. The van der Waals surface area contributed by atoms with Gasteiger partial charge in [-0.15, -0.1) is 0 Å². The van der Waals surface area contributed by atoms with Crippen molar-refractivity contribution in [1.82, 2.24) is 19.8 Å². The van der Waals surface area contributed by atoms with Crippen molar-refractivity contribution in [2.45, 2.75) is 63.1 Å². The van der Waals surface area contributed by atoms with Gasteiger partial charge in [0, 0.05) is 50.7 Å². The van der Waals surface area contributed by atoms with Crippen LogP contribution in [0.1, 0.15) is 51.9 Å². The summed E-state index contributed by atoms with van der Waals surface area (Å²) in [6.07, 6.45) is 7.78. The Morgan fingerprint density at radius 1 is 1.06 bits per heavy atom. The number of rotatable bonds is 5. The van der Waals surface area contributed by atoms with Crippen LogP contribution in [0.15, 0.2) is 11.2 Å². The number of nitrogens with zero attached hydrogens (tertiary/aromatic N) is 5. The lowest BCUT2D eigenvalue weighted by atomic mass is 10.0. The number of thioether (sulfide) groups is 1. The summed E-state index contributed by atoms with van der Waals surface area (Å²) in [4.78, 5) is 40.5. The van der Waals surface area contributed by atoms with Crippen LogP contribution >= 0.6 is 23.4 Å². The lowest BCUT2D eigenvalue weighted by molar-refractivity contribution is -0.137. The zero-order valence-electron chi connectivity index (χ0n) is 18.3. The lowest BCUT2D eigenvalue weighted by Crippen LogP contribution is -2.55. The highest BCUT2D eigenvalue weighted by Gasteiger charge is 2.33. The number of hydrogen-bond acceptors (Lipinski definition) is 6. The normalized spacial score (nSPS) is 22.8. The maximum absolute atomic E-state index is 12.9. The van der Waals surface area contributed by atoms with Gasteiger partial charge < -0.3 is 14.7 Å². The van der Waals surface area contributed by atoms with Crippen LogP contribution < -0.4 is 4.90 Å². The summed E-state index contributed by atoms with van der Waals surface area (Å²) in [5.74, 6) is 1.77. The largest absolute Gasteiger partial charge is 0.353 e. The van der Waals surface area contributed by atoms with Gasteiger partial charge in [-0.05, 0) is 39.0 Å². The molecule has 1 aromatic heterocycles. The molecule has 2 aliphatic heterocycles. The Kier molecular flexibility index (Phi) is 7.59. The predicted octanol–water partition coefficient (Wildman–Crippen LogP) is 3.46. The van der Waals surface area contributed by atoms with Crippen LogP contribution in [0.5, 0.6) is 0 Å². The van der Waals surface area contributed by atoms with E-state index in [1.807, 2.05) is 9.80 Å². The SMILES string of the molecule is CC1CN(c2cc(Cl)nc(SCC(=O)N3CCCCC3)n2)CCN1C(=O)C1CCCC1. The first-order valence-corrected chi connectivity index (χ1v) is 12.9. The molecule has 3 aliphatic rings. The quantitative estimate of drug-likeness (QED) is 0.377. The molecule has 31 heavy (non-hydrogen) atoms. The highest BCUT2D eigenvalue weighted by Crippen LogP contribution is 2.29. The van der Waals surface area contributed by atoms with E-state index in [0.29, 0.717) is 28.5 Å². The van der Waals surface area contributed by atoms with Gasteiger partial charge in [-0.3, -0.25) is 9.59 Å². The van der Waals surface area contributed by atoms with Crippen LogP contribution in [0.4, 0.5) is 5.82 Å². The number of amides is 2. The number of likely N-dealkylation sites (tertiary alicyclic amines) is 1. The van der Waals surface area contributed by atoms with Gasteiger partial charge in [0.1, 0.15) is 11.0 Å². The summed E-state index contributed by atoms with van der Waals surface area (Å²) < 4.78 is 0. The first-order valence-electron chi connectivity index (χ1n) is 11.5. The molecule has 0 spiro atoms. The summed E-state index contributed by atoms with van der Waals surface area (Å²) in [5.41, 5.74) is 0. The smallest absolute Gasteiger partial charge is 0.233 e. The first-order chi connectivity index (χ1) is 15.0. The Morgan fingerprint density at radius 2 is 1.81 bits per heavy atom. The van der Waals surface area contributed by atoms with E-state index in [2.05, 4.69) is 21.8 Å². The standard InChI is InChI=1S/C22H32ClN5O2S/c1-16-14-27(11-12-28(16)21(30)17-7-3-4-8-17)19-13-18(23)24-22(25-19)31-15-20(29)26-9-5-2-6-10-26/h13,16-17H,2-12,14-15H2,1H3. The maximum Gasteiger partial charge on any atom is 0.233 e. The fourth-order valence-corrected chi connectivity index (χ4v) is 5.86. The molecule has 2 amide bonds. The molecule has 0 bridgehead atoms. The van der Waals surface area contributed by atoms with Gasteiger partial charge in [-0.2, -0.15) is 0 Å². The lowest BCUT2D eigenvalue weighted by Gasteiger charge is -2.41. The maximum atomic E-state index is 12.9. The van der Waals surface area contributed by atoms with Crippen LogP contribution in [0, 0.1) is 5.92 Å². The van der Waals surface area contributed by atoms with E-state index in [1.54, 1.807) is 6.07 Å². The second kappa shape index (κ2) is 10.4. The molecule has 2 saturated heterocycles. The highest BCUT2D eigenvalue weighted by atomic mass is 35.5. The van der Waals surface area contributed by atoms with E-state index in [4.69, 9.17) is 11.6 Å². The monoisotopic (exact) mass is 465 g/mol. The molecule has 0 aromatic carbocycles. The predicted molar refractivity (Wildman–Crippen MR) is 124 cm³/mol. The minimum absolute atomic E-state index is 0.132. The number of carbonyl (C=O) groups is 2. The second-order valence-electron chi connectivity index (χ2n) is 8.87. The van der Waals surface area contributed by atoms with Crippen LogP contribution in [0.25, 0.3) is 0 Å². The molecule has 4 rings (SSSR count). The van der Waals surface area contributed by atoms with E-state index in [9.17, 15) is 9.59 Å². The van der Waals surface area contributed by atoms with Gasteiger partial charge in [0.2, 0.25) is 11.8 Å². The molecule has 1 saturated carbocycles. The Bertz CT molecular complexity index is 798. The Balaban J connectivity index is 1.35. The summed E-state index contributed by atoms with van der Waals surface area (Å²) >= 11 is 7.63. The Hall–Kier alpha value is -1.54. The number of carbonyl (C=O) groups excluding carboxylic acids is 2. The third-order valence-electron chi connectivity index (χ3n) is 6.63. The molecule has 3 fully saturated rings. The molecule has 7 nitrogen and oxygen atoms in total. The molecule has 0 radical (unpaired) electrons. The minimum Gasteiger partial charge on any atom is -0.353 e. The molecular weight excluding hydrogens is 434 g/mol. The second-order valence-corrected chi connectivity index (χ2v) is 10.2. The van der Waals surface area contributed by atoms with Crippen molar-refractivity contribution >= 4 is 41.0 Å². The van der Waals surface area contributed by atoms with E-state index in [0.717, 1.165) is 57.7 Å². The summed E-state index contributed by atoms with van der Waals surface area (Å²) in [7, 11) is 0. The van der Waals surface area contributed by atoms with E-state index >= 15 is 0 Å². The molecular formula is C22H32ClN5O2S. The van der Waals surface area contributed by atoms with Crippen LogP contribution in [0.3, 0.4) is 0 Å². The van der Waals surface area contributed by atoms with Crippen molar-refractivity contribution in [2.24, 2.45) is 5.92 Å². The molecule has 1 aromatic rings. The van der Waals surface area contributed by atoms with E-state index < -0.39 is 0 Å². The minimum atomic E-state index is 0.132. The molecule has 1 atom stereocenters. The third-order valence-corrected chi connectivity index (χ3v) is 7.66. The van der Waals surface area contributed by atoms with Gasteiger partial charge in [0.25, 0.3) is 0 Å². The van der Waals surface area contributed by atoms with Gasteiger partial charge in [0.15, 0.2) is 5.16 Å². The van der Waals surface area contributed by atoms with Crippen molar-refractivity contribution in [2.75, 3.05) is 43.4 Å². The molecule has 0 N–H and O–H groups in total. The average molecular weight is 466 g/mol. The van der Waals surface area contributed by atoms with Crippen LogP contribution in [-0.4, -0.2) is 76.1 Å². The fourth-order valence-electron chi connectivity index (χ4n) is 4.87. The van der Waals surface area contributed by atoms with Crippen molar-refractivity contribution in [3.63, 3.8) is 0 Å². The molecule has 9 heteroatoms. The summed E-state index contributed by atoms with van der Waals surface area (Å²) in [6.45, 7) is 5.96. The average Bonchev–Trinajstić information content (AvgIpc) is 3.32. The van der Waals surface area contributed by atoms with Gasteiger partial charge in [-0.25, -0.2) is 9.97 Å². The van der Waals surface area contributed by atoms with E-state index in [-0.39, 0.29) is 17.9 Å². The number of halogens is 1. The zero-order chi connectivity index (χ0) is 21.8. The number of anilines is 1. The van der Waals surface area contributed by atoms with Crippen molar-refractivity contribution in [3.05, 3.63) is 11.2 Å². The van der Waals surface area contributed by atoms with Crippen LogP contribution in [0.2, 0.25) is 5.15 Å². The van der Waals surface area contributed by atoms with Crippen LogP contribution in [-0.2, 0) is 9.59 Å². The Labute approximate surface area is 193 Å². The summed E-state index contributed by atoms with van der Waals surface area (Å²) in [5, 5.41) is 0.917. The van der Waals surface area contributed by atoms with Crippen molar-refractivity contribution in [1.29, 1.82) is 0 Å². The zero-order valence-corrected chi connectivity index (χ0v) is 19.8. The Morgan fingerprint density at radius 3 is 2.52 bits per heavy atom. The van der Waals surface area contributed by atoms with Gasteiger partial charge in [0.05, 0.1) is 5.75 Å². The molecule has 3 heterocycles. The van der Waals surface area contributed by atoms with Crippen molar-refractivity contribution < 1.29 is 9.59 Å². The molecule has 1 aliphatic carbocycles.